The fraction of sp³-hybridized carbons (Fsp3) is 0.400. The smallest absolute Gasteiger partial charge is 0.251 e. The van der Waals surface area contributed by atoms with Crippen molar-refractivity contribution in [2.75, 3.05) is 24.7 Å². The van der Waals surface area contributed by atoms with Crippen molar-refractivity contribution >= 4 is 39.5 Å². The van der Waals surface area contributed by atoms with Crippen LogP contribution in [0.5, 0.6) is 0 Å². The minimum absolute atomic E-state index is 0.140. The summed E-state index contributed by atoms with van der Waals surface area (Å²) < 4.78 is 0.635. The molecule has 1 atom stereocenters. The summed E-state index contributed by atoms with van der Waals surface area (Å²) in [6.07, 6.45) is 1.72. The van der Waals surface area contributed by atoms with Crippen molar-refractivity contribution in [3.8, 4) is 0 Å². The van der Waals surface area contributed by atoms with E-state index in [1.54, 1.807) is 13.2 Å². The number of rotatable bonds is 3. The molecular formula is C10H12BrN5O2. The lowest BCUT2D eigenvalue weighted by atomic mass is 10.2. The molecule has 96 valence electrons. The number of hydrogen-bond donors (Lipinski definition) is 2. The zero-order valence-corrected chi connectivity index (χ0v) is 11.5. The maximum absolute atomic E-state index is 11.8. The molecular weight excluding hydrogens is 302 g/mol. The number of aromatic nitrogens is 2. The van der Waals surface area contributed by atoms with Crippen molar-refractivity contribution in [3.05, 3.63) is 10.7 Å². The van der Waals surface area contributed by atoms with Crippen LogP contribution in [-0.2, 0) is 9.59 Å². The molecule has 0 aliphatic carbocycles. The number of carbonyl (C=O) groups is 2. The monoisotopic (exact) mass is 313 g/mol. The summed E-state index contributed by atoms with van der Waals surface area (Å²) in [5, 5.41) is 5.75. The summed E-state index contributed by atoms with van der Waals surface area (Å²) in [5.41, 5.74) is 0. The Hall–Kier alpha value is -1.70. The summed E-state index contributed by atoms with van der Waals surface area (Å²) in [4.78, 5) is 32.5. The van der Waals surface area contributed by atoms with Crippen molar-refractivity contribution in [3.63, 3.8) is 0 Å². The fourth-order valence-corrected chi connectivity index (χ4v) is 1.93. The van der Waals surface area contributed by atoms with Crippen LogP contribution in [0.2, 0.25) is 0 Å². The lowest BCUT2D eigenvalue weighted by Crippen LogP contribution is -2.32. The maximum Gasteiger partial charge on any atom is 0.251 e. The van der Waals surface area contributed by atoms with E-state index in [0.29, 0.717) is 16.2 Å². The molecule has 1 saturated heterocycles. The third-order valence-corrected chi connectivity index (χ3v) is 3.24. The molecule has 0 saturated carbocycles. The van der Waals surface area contributed by atoms with Crippen LogP contribution in [-0.4, -0.2) is 46.8 Å². The number of anilines is 2. The number of amides is 2. The van der Waals surface area contributed by atoms with Gasteiger partial charge in [0.25, 0.3) is 5.91 Å². The van der Waals surface area contributed by atoms with Gasteiger partial charge < -0.3 is 10.6 Å². The highest BCUT2D eigenvalue weighted by Crippen LogP contribution is 2.23. The summed E-state index contributed by atoms with van der Waals surface area (Å²) in [7, 11) is 3.17. The van der Waals surface area contributed by atoms with Gasteiger partial charge >= 0.3 is 0 Å². The van der Waals surface area contributed by atoms with E-state index >= 15 is 0 Å². The second kappa shape index (κ2) is 4.89. The number of likely N-dealkylation sites (N-methyl/N-ethyl adjacent to an activating group) is 1. The SMILES string of the molecule is CNc1ncc(Br)c(NC2CC(=O)N(C)C2=O)n1. The second-order valence-corrected chi connectivity index (χ2v) is 4.69. The average molecular weight is 314 g/mol. The molecule has 18 heavy (non-hydrogen) atoms. The fourth-order valence-electron chi connectivity index (χ4n) is 1.62. The van der Waals surface area contributed by atoms with Gasteiger partial charge in [0.05, 0.1) is 10.9 Å². The average Bonchev–Trinajstić information content (AvgIpc) is 2.60. The number of likely N-dealkylation sites (tertiary alicyclic amines) is 1. The number of imide groups is 1. The molecule has 0 bridgehead atoms. The highest BCUT2D eigenvalue weighted by atomic mass is 79.9. The molecule has 8 heteroatoms. The zero-order valence-electron chi connectivity index (χ0n) is 9.90. The largest absolute Gasteiger partial charge is 0.357 e. The first kappa shape index (κ1) is 12.7. The van der Waals surface area contributed by atoms with E-state index in [0.717, 1.165) is 4.90 Å². The molecule has 0 radical (unpaired) electrons. The van der Waals surface area contributed by atoms with Crippen LogP contribution in [0, 0.1) is 0 Å². The number of nitrogens with one attached hydrogen (secondary N) is 2. The molecule has 1 aliphatic rings. The Labute approximate surface area is 112 Å². The Balaban J connectivity index is 2.19. The van der Waals surface area contributed by atoms with Crippen LogP contribution in [0.25, 0.3) is 0 Å². The van der Waals surface area contributed by atoms with Gasteiger partial charge in [0, 0.05) is 20.3 Å². The van der Waals surface area contributed by atoms with Gasteiger partial charge in [-0.1, -0.05) is 0 Å². The molecule has 2 rings (SSSR count). The molecule has 1 aromatic heterocycles. The third-order valence-electron chi connectivity index (χ3n) is 2.66. The maximum atomic E-state index is 11.8. The quantitative estimate of drug-likeness (QED) is 0.788. The van der Waals surface area contributed by atoms with Gasteiger partial charge in [0.2, 0.25) is 11.9 Å². The van der Waals surface area contributed by atoms with Crippen molar-refractivity contribution in [2.24, 2.45) is 0 Å². The van der Waals surface area contributed by atoms with E-state index in [1.165, 1.54) is 7.05 Å². The number of carbonyl (C=O) groups excluding carboxylic acids is 2. The molecule has 0 aromatic carbocycles. The Kier molecular flexibility index (Phi) is 3.46. The van der Waals surface area contributed by atoms with E-state index in [9.17, 15) is 9.59 Å². The van der Waals surface area contributed by atoms with Crippen LogP contribution >= 0.6 is 15.9 Å². The van der Waals surface area contributed by atoms with Crippen LogP contribution in [0.15, 0.2) is 10.7 Å². The number of nitrogens with zero attached hydrogens (tertiary/aromatic N) is 3. The molecule has 1 aromatic rings. The molecule has 7 nitrogen and oxygen atoms in total. The normalized spacial score (nSPS) is 19.3. The standard InChI is InChI=1S/C10H12BrN5O2/c1-12-10-13-4-5(11)8(15-10)14-6-3-7(17)16(2)9(6)18/h4,6H,3H2,1-2H3,(H2,12,13,14,15). The van der Waals surface area contributed by atoms with Gasteiger partial charge in [-0.25, -0.2) is 4.98 Å². The Bertz CT molecular complexity index is 507. The van der Waals surface area contributed by atoms with Gasteiger partial charge in [-0.2, -0.15) is 4.98 Å². The van der Waals surface area contributed by atoms with Crippen LogP contribution in [0.1, 0.15) is 6.42 Å². The van der Waals surface area contributed by atoms with Crippen LogP contribution in [0.3, 0.4) is 0 Å². The second-order valence-electron chi connectivity index (χ2n) is 3.83. The zero-order chi connectivity index (χ0) is 13.3. The molecule has 2 N–H and O–H groups in total. The van der Waals surface area contributed by atoms with Crippen molar-refractivity contribution in [1.82, 2.24) is 14.9 Å². The van der Waals surface area contributed by atoms with E-state index in [-0.39, 0.29) is 18.2 Å². The Morgan fingerprint density at radius 1 is 1.50 bits per heavy atom. The van der Waals surface area contributed by atoms with Gasteiger partial charge in [-0.15, -0.1) is 0 Å². The topological polar surface area (TPSA) is 87.2 Å². The Morgan fingerprint density at radius 2 is 2.22 bits per heavy atom. The highest BCUT2D eigenvalue weighted by Gasteiger charge is 2.36. The first-order chi connectivity index (χ1) is 8.52. The van der Waals surface area contributed by atoms with Crippen LogP contribution < -0.4 is 10.6 Å². The highest BCUT2D eigenvalue weighted by molar-refractivity contribution is 9.10. The number of halogens is 1. The summed E-state index contributed by atoms with van der Waals surface area (Å²) in [6.45, 7) is 0. The predicted molar refractivity (Wildman–Crippen MR) is 69.1 cm³/mol. The molecule has 2 amide bonds. The van der Waals surface area contributed by atoms with E-state index in [2.05, 4.69) is 36.5 Å². The predicted octanol–water partition coefficient (Wildman–Crippen LogP) is 0.450. The van der Waals surface area contributed by atoms with Gasteiger partial charge in [-0.05, 0) is 15.9 Å². The van der Waals surface area contributed by atoms with E-state index in [4.69, 9.17) is 0 Å². The van der Waals surface area contributed by atoms with Gasteiger partial charge in [-0.3, -0.25) is 14.5 Å². The van der Waals surface area contributed by atoms with E-state index < -0.39 is 6.04 Å². The first-order valence-corrected chi connectivity index (χ1v) is 6.09. The lowest BCUT2D eigenvalue weighted by molar-refractivity contribution is -0.136. The molecule has 1 fully saturated rings. The number of hydrogen-bond acceptors (Lipinski definition) is 6. The summed E-state index contributed by atoms with van der Waals surface area (Å²) >= 11 is 3.29. The molecule has 1 aliphatic heterocycles. The molecule has 2 heterocycles. The van der Waals surface area contributed by atoms with Gasteiger partial charge in [0.15, 0.2) is 0 Å². The van der Waals surface area contributed by atoms with Gasteiger partial charge in [0.1, 0.15) is 11.9 Å². The molecule has 0 spiro atoms. The van der Waals surface area contributed by atoms with Crippen molar-refractivity contribution < 1.29 is 9.59 Å². The van der Waals surface area contributed by atoms with Crippen molar-refractivity contribution in [1.29, 1.82) is 0 Å². The first-order valence-electron chi connectivity index (χ1n) is 5.30. The summed E-state index contributed by atoms with van der Waals surface area (Å²) in [6, 6.07) is -0.571. The summed E-state index contributed by atoms with van der Waals surface area (Å²) in [5.74, 6) is 0.467. The third kappa shape index (κ3) is 2.28. The van der Waals surface area contributed by atoms with Crippen LogP contribution in [0.4, 0.5) is 11.8 Å². The minimum atomic E-state index is -0.571. The minimum Gasteiger partial charge on any atom is -0.357 e. The van der Waals surface area contributed by atoms with E-state index in [1.807, 2.05) is 0 Å². The Morgan fingerprint density at radius 3 is 2.78 bits per heavy atom. The molecule has 1 unspecified atom stereocenters. The van der Waals surface area contributed by atoms with Crippen molar-refractivity contribution in [2.45, 2.75) is 12.5 Å². The lowest BCUT2D eigenvalue weighted by Gasteiger charge is -2.13.